The van der Waals surface area contributed by atoms with Crippen molar-refractivity contribution in [3.63, 3.8) is 0 Å². The number of nitrogens with zero attached hydrogens (tertiary/aromatic N) is 1. The van der Waals surface area contributed by atoms with Crippen molar-refractivity contribution >= 4 is 6.09 Å². The Morgan fingerprint density at radius 1 is 1.26 bits per heavy atom. The average Bonchev–Trinajstić information content (AvgIpc) is 2.45. The second kappa shape index (κ2) is 6.84. The lowest BCUT2D eigenvalue weighted by Gasteiger charge is -2.45. The van der Waals surface area contributed by atoms with Gasteiger partial charge in [0.25, 0.3) is 0 Å². The zero-order chi connectivity index (χ0) is 16.4. The molecule has 3 heterocycles. The Kier molecular flexibility index (Phi) is 5.00. The monoisotopic (exact) mass is 321 g/mol. The molecule has 0 aromatic carbocycles. The van der Waals surface area contributed by atoms with Crippen molar-refractivity contribution in [3.05, 3.63) is 11.6 Å². The van der Waals surface area contributed by atoms with Gasteiger partial charge in [0.2, 0.25) is 0 Å². The lowest BCUT2D eigenvalue weighted by molar-refractivity contribution is -0.00195. The number of rotatable bonds is 2. The first-order valence-corrected chi connectivity index (χ1v) is 9.21. The van der Waals surface area contributed by atoms with E-state index in [0.29, 0.717) is 6.04 Å². The van der Waals surface area contributed by atoms with Crippen molar-refractivity contribution in [2.75, 3.05) is 13.2 Å². The second-order valence-corrected chi connectivity index (χ2v) is 8.33. The third kappa shape index (κ3) is 4.28. The predicted molar refractivity (Wildman–Crippen MR) is 90.4 cm³/mol. The molecular weight excluding hydrogens is 290 g/mol. The van der Waals surface area contributed by atoms with E-state index in [1.807, 2.05) is 25.7 Å². The second-order valence-electron chi connectivity index (χ2n) is 8.33. The lowest BCUT2D eigenvalue weighted by Crippen LogP contribution is -2.53. The Morgan fingerprint density at radius 3 is 2.65 bits per heavy atom. The molecule has 0 aromatic rings. The van der Waals surface area contributed by atoms with Crippen LogP contribution in [0.25, 0.3) is 0 Å². The van der Waals surface area contributed by atoms with Crippen LogP contribution in [0.5, 0.6) is 0 Å². The molecule has 0 saturated carbocycles. The molecule has 130 valence electrons. The third-order valence-electron chi connectivity index (χ3n) is 5.21. The van der Waals surface area contributed by atoms with Crippen molar-refractivity contribution in [2.45, 2.75) is 83.4 Å². The number of ether oxygens (including phenoxy) is 2. The number of piperidine rings is 1. The van der Waals surface area contributed by atoms with Gasteiger partial charge < -0.3 is 9.47 Å². The molecule has 4 nitrogen and oxygen atoms in total. The van der Waals surface area contributed by atoms with Crippen LogP contribution in [0.4, 0.5) is 4.79 Å². The molecule has 3 rings (SSSR count). The maximum atomic E-state index is 12.6. The number of amides is 1. The van der Waals surface area contributed by atoms with Crippen LogP contribution in [0.2, 0.25) is 0 Å². The summed E-state index contributed by atoms with van der Waals surface area (Å²) in [6.45, 7) is 7.65. The summed E-state index contributed by atoms with van der Waals surface area (Å²) in [5.74, 6) is 0.767. The van der Waals surface area contributed by atoms with Crippen molar-refractivity contribution in [1.82, 2.24) is 4.90 Å². The Bertz CT molecular complexity index is 460. The Balaban J connectivity index is 1.67. The summed E-state index contributed by atoms with van der Waals surface area (Å²) in [6, 6.07) is 0.579. The van der Waals surface area contributed by atoms with E-state index in [2.05, 4.69) is 6.08 Å². The van der Waals surface area contributed by atoms with E-state index in [1.165, 1.54) is 25.7 Å². The van der Waals surface area contributed by atoms with E-state index in [0.717, 1.165) is 38.4 Å². The molecule has 3 aliphatic rings. The van der Waals surface area contributed by atoms with E-state index in [1.54, 1.807) is 5.57 Å². The van der Waals surface area contributed by atoms with Crippen LogP contribution >= 0.6 is 0 Å². The van der Waals surface area contributed by atoms with Crippen molar-refractivity contribution in [1.29, 1.82) is 0 Å². The van der Waals surface area contributed by atoms with E-state index in [4.69, 9.17) is 9.47 Å². The van der Waals surface area contributed by atoms with Gasteiger partial charge in [0.1, 0.15) is 5.60 Å². The van der Waals surface area contributed by atoms with Gasteiger partial charge in [-0.05, 0) is 71.6 Å². The first kappa shape index (κ1) is 16.8. The third-order valence-corrected chi connectivity index (χ3v) is 5.21. The van der Waals surface area contributed by atoms with Crippen LogP contribution < -0.4 is 0 Å². The molecule has 2 bridgehead atoms. The number of hydrogen-bond donors (Lipinski definition) is 0. The highest BCUT2D eigenvalue weighted by molar-refractivity contribution is 5.70. The van der Waals surface area contributed by atoms with Gasteiger partial charge in [-0.15, -0.1) is 0 Å². The molecule has 1 amide bonds. The average molecular weight is 321 g/mol. The highest BCUT2D eigenvalue weighted by Crippen LogP contribution is 2.37. The van der Waals surface area contributed by atoms with Gasteiger partial charge >= 0.3 is 6.09 Å². The molecule has 0 aromatic heterocycles. The van der Waals surface area contributed by atoms with Gasteiger partial charge in [0.05, 0.1) is 6.04 Å². The normalized spacial score (nSPS) is 29.2. The van der Waals surface area contributed by atoms with E-state index >= 15 is 0 Å². The molecule has 2 unspecified atom stereocenters. The molecule has 0 radical (unpaired) electrons. The summed E-state index contributed by atoms with van der Waals surface area (Å²) >= 11 is 0. The molecule has 2 atom stereocenters. The van der Waals surface area contributed by atoms with Crippen LogP contribution in [0.1, 0.15) is 65.7 Å². The fourth-order valence-electron chi connectivity index (χ4n) is 4.19. The topological polar surface area (TPSA) is 38.8 Å². The highest BCUT2D eigenvalue weighted by atomic mass is 16.6. The van der Waals surface area contributed by atoms with Crippen LogP contribution in [0.15, 0.2) is 11.6 Å². The fraction of sp³-hybridized carbons (Fsp3) is 0.842. The van der Waals surface area contributed by atoms with Gasteiger partial charge in [-0.2, -0.15) is 0 Å². The molecule has 2 fully saturated rings. The van der Waals surface area contributed by atoms with E-state index < -0.39 is 5.60 Å². The summed E-state index contributed by atoms with van der Waals surface area (Å²) < 4.78 is 11.1. The lowest BCUT2D eigenvalue weighted by atomic mass is 9.81. The SMILES string of the molecule is CC(C)(C)OC(=O)N1C2C=C(CC3CCOCC3)CC1CCC2. The van der Waals surface area contributed by atoms with E-state index in [-0.39, 0.29) is 12.1 Å². The molecule has 4 heteroatoms. The van der Waals surface area contributed by atoms with Crippen molar-refractivity contribution < 1.29 is 14.3 Å². The van der Waals surface area contributed by atoms with Gasteiger partial charge in [-0.3, -0.25) is 4.90 Å². The standard InChI is InChI=1S/C19H31NO3/c1-19(2,3)23-18(21)20-16-5-4-6-17(20)13-15(12-16)11-14-7-9-22-10-8-14/h12,14,16-17H,4-11,13H2,1-3H3. The number of hydrogen-bond acceptors (Lipinski definition) is 3. The van der Waals surface area contributed by atoms with Crippen LogP contribution in [-0.2, 0) is 9.47 Å². The van der Waals surface area contributed by atoms with Gasteiger partial charge in [-0.25, -0.2) is 4.79 Å². The van der Waals surface area contributed by atoms with E-state index in [9.17, 15) is 4.79 Å². The number of carbonyl (C=O) groups excluding carboxylic acids is 1. The number of fused-ring (bicyclic) bond motifs is 2. The molecule has 2 saturated heterocycles. The van der Waals surface area contributed by atoms with Crippen molar-refractivity contribution in [2.24, 2.45) is 5.92 Å². The zero-order valence-corrected chi connectivity index (χ0v) is 14.8. The van der Waals surface area contributed by atoms with Crippen LogP contribution in [0.3, 0.4) is 0 Å². The maximum Gasteiger partial charge on any atom is 0.411 e. The fourth-order valence-corrected chi connectivity index (χ4v) is 4.19. The predicted octanol–water partition coefficient (Wildman–Crippen LogP) is 4.29. The zero-order valence-electron chi connectivity index (χ0n) is 14.8. The quantitative estimate of drug-likeness (QED) is 0.712. The van der Waals surface area contributed by atoms with Crippen LogP contribution in [-0.4, -0.2) is 41.9 Å². The minimum atomic E-state index is -0.419. The van der Waals surface area contributed by atoms with Gasteiger partial charge in [0, 0.05) is 19.3 Å². The molecule has 0 N–H and O–H groups in total. The smallest absolute Gasteiger partial charge is 0.411 e. The number of carbonyl (C=O) groups is 1. The van der Waals surface area contributed by atoms with Gasteiger partial charge in [0.15, 0.2) is 0 Å². The summed E-state index contributed by atoms with van der Waals surface area (Å²) in [5, 5.41) is 0. The molecule has 3 aliphatic heterocycles. The minimum Gasteiger partial charge on any atom is -0.444 e. The first-order chi connectivity index (χ1) is 10.9. The van der Waals surface area contributed by atoms with Gasteiger partial charge in [-0.1, -0.05) is 11.6 Å². The van der Waals surface area contributed by atoms with Crippen molar-refractivity contribution in [3.8, 4) is 0 Å². The summed E-state index contributed by atoms with van der Waals surface area (Å²) in [7, 11) is 0. The highest BCUT2D eigenvalue weighted by Gasteiger charge is 2.39. The molecule has 0 aliphatic carbocycles. The Hall–Kier alpha value is -1.03. The molecule has 23 heavy (non-hydrogen) atoms. The van der Waals surface area contributed by atoms with Crippen LogP contribution in [0, 0.1) is 5.92 Å². The maximum absolute atomic E-state index is 12.6. The molecular formula is C19H31NO3. The minimum absolute atomic E-state index is 0.131. The molecule has 0 spiro atoms. The largest absolute Gasteiger partial charge is 0.444 e. The summed E-state index contributed by atoms with van der Waals surface area (Å²) in [4.78, 5) is 14.6. The summed E-state index contributed by atoms with van der Waals surface area (Å²) in [6.07, 6.45) is 10.2. The summed E-state index contributed by atoms with van der Waals surface area (Å²) in [5.41, 5.74) is 1.14. The Morgan fingerprint density at radius 2 is 2.00 bits per heavy atom. The Labute approximate surface area is 140 Å². The first-order valence-electron chi connectivity index (χ1n) is 9.21.